The summed E-state index contributed by atoms with van der Waals surface area (Å²) in [7, 11) is 1.35. The molecule has 4 fully saturated rings. The molecule has 4 atom stereocenters. The molecular formula is C40H37Cl2FN6O5. The predicted octanol–water partition coefficient (Wildman–Crippen LogP) is 8.87. The summed E-state index contributed by atoms with van der Waals surface area (Å²) in [5.41, 5.74) is 2.75. The number of nitrogens with zero attached hydrogens (tertiary/aromatic N) is 6. The van der Waals surface area contributed by atoms with E-state index in [-0.39, 0.29) is 52.0 Å². The highest BCUT2D eigenvalue weighted by Crippen LogP contribution is 2.54. The maximum atomic E-state index is 17.6. The molecule has 54 heavy (non-hydrogen) atoms. The Labute approximate surface area is 320 Å². The highest BCUT2D eigenvalue weighted by molar-refractivity contribution is 6.43. The first kappa shape index (κ1) is 36.0. The quantitative estimate of drug-likeness (QED) is 0.167. The number of carbonyl (C=O) groups excluding carboxylic acids is 1. The molecule has 14 heteroatoms. The van der Waals surface area contributed by atoms with E-state index < -0.39 is 29.6 Å². The lowest BCUT2D eigenvalue weighted by molar-refractivity contribution is 0.0738. The van der Waals surface area contributed by atoms with Crippen LogP contribution in [0.5, 0.6) is 0 Å². The van der Waals surface area contributed by atoms with Crippen molar-refractivity contribution in [2.24, 2.45) is 5.92 Å². The number of rotatable bonds is 7. The number of benzene rings is 2. The molecule has 6 heterocycles. The molecule has 3 aliphatic heterocycles. The van der Waals surface area contributed by atoms with Crippen molar-refractivity contribution < 1.29 is 28.9 Å². The van der Waals surface area contributed by atoms with Crippen LogP contribution in [0.1, 0.15) is 68.6 Å². The van der Waals surface area contributed by atoms with Crippen LogP contribution in [-0.4, -0.2) is 73.0 Å². The van der Waals surface area contributed by atoms with Crippen LogP contribution in [0.3, 0.4) is 0 Å². The van der Waals surface area contributed by atoms with Gasteiger partial charge in [-0.05, 0) is 75.4 Å². The summed E-state index contributed by atoms with van der Waals surface area (Å²) >= 11 is 13.2. The number of fused-ring (bicyclic) bond motifs is 4. The summed E-state index contributed by atoms with van der Waals surface area (Å²) in [5, 5.41) is 32.0. The zero-order chi connectivity index (χ0) is 38.2. The van der Waals surface area contributed by atoms with Crippen molar-refractivity contribution in [3.63, 3.8) is 0 Å². The standard InChI is InChI=1S/C40H37Cl2FN6O5/c1-40(2,53)30-12-11-21(18-45-30)34-25-17-28(27-10-6-14-47(27)39(52)54-3)49(36-22-16-29(36)48(19-22)38(50)51)37(25)24-15-20(7-5-13-44)31(33(43)35(24)46-34)23-8-4-9-26(41)32(23)42/h4,8-9,11-12,15,17-18,22,27,29,36,53H,5-7,10,14,16,19H2,1-3H3,(H,50,51)/t22-,27?,29-,36+/m1/s1. The maximum absolute atomic E-state index is 17.6. The number of nitriles is 1. The van der Waals surface area contributed by atoms with Crippen molar-refractivity contribution in [2.75, 3.05) is 20.2 Å². The number of halogens is 3. The van der Waals surface area contributed by atoms with Crippen LogP contribution < -0.4 is 0 Å². The number of aliphatic hydroxyl groups is 1. The zero-order valence-corrected chi connectivity index (χ0v) is 31.3. The number of likely N-dealkylation sites (tertiary alicyclic amines) is 1. The van der Waals surface area contributed by atoms with E-state index >= 15 is 4.39 Å². The normalized spacial score (nSPS) is 20.8. The number of aryl methyl sites for hydroxylation is 1. The molecule has 0 spiro atoms. The molecule has 0 radical (unpaired) electrons. The van der Waals surface area contributed by atoms with Gasteiger partial charge >= 0.3 is 12.2 Å². The molecule has 2 N–H and O–H groups in total. The third-order valence-corrected chi connectivity index (χ3v) is 12.1. The maximum Gasteiger partial charge on any atom is 0.410 e. The highest BCUT2D eigenvalue weighted by Gasteiger charge is 2.56. The smallest absolute Gasteiger partial charge is 0.410 e. The Morgan fingerprint density at radius 1 is 1.15 bits per heavy atom. The summed E-state index contributed by atoms with van der Waals surface area (Å²) in [4.78, 5) is 38.3. The Bertz CT molecular complexity index is 2410. The molecule has 11 nitrogen and oxygen atoms in total. The zero-order valence-electron chi connectivity index (χ0n) is 29.8. The summed E-state index contributed by atoms with van der Waals surface area (Å²) in [6.45, 7) is 4.10. The van der Waals surface area contributed by atoms with Crippen molar-refractivity contribution in [2.45, 2.75) is 69.7 Å². The molecule has 5 aromatic rings. The van der Waals surface area contributed by atoms with Gasteiger partial charge in [0.1, 0.15) is 11.1 Å². The molecule has 2 aromatic carbocycles. The van der Waals surface area contributed by atoms with E-state index in [4.69, 9.17) is 32.9 Å². The second-order valence-electron chi connectivity index (χ2n) is 14.8. The monoisotopic (exact) mass is 770 g/mol. The summed E-state index contributed by atoms with van der Waals surface area (Å²) in [6.07, 6.45) is 2.48. The lowest BCUT2D eigenvalue weighted by Gasteiger charge is -2.40. The third-order valence-electron chi connectivity index (χ3n) is 11.3. The predicted molar refractivity (Wildman–Crippen MR) is 202 cm³/mol. The molecule has 1 unspecified atom stereocenters. The van der Waals surface area contributed by atoms with Crippen molar-refractivity contribution in [3.05, 3.63) is 81.5 Å². The number of methoxy groups -OCH3 is 1. The minimum absolute atomic E-state index is 0.0136. The van der Waals surface area contributed by atoms with Gasteiger partial charge in [0.2, 0.25) is 0 Å². The van der Waals surface area contributed by atoms with Gasteiger partial charge in [-0.3, -0.25) is 9.88 Å². The molecule has 4 aliphatic rings. The summed E-state index contributed by atoms with van der Waals surface area (Å²) < 4.78 is 25.0. The highest BCUT2D eigenvalue weighted by atomic mass is 35.5. The fourth-order valence-corrected chi connectivity index (χ4v) is 9.22. The molecule has 3 saturated heterocycles. The molecule has 2 bridgehead atoms. The molecule has 2 amide bonds. The Morgan fingerprint density at radius 3 is 2.61 bits per heavy atom. The van der Waals surface area contributed by atoms with E-state index in [0.717, 1.165) is 12.1 Å². The number of carbonyl (C=O) groups is 2. The minimum atomic E-state index is -1.21. The second-order valence-corrected chi connectivity index (χ2v) is 15.6. The Kier molecular flexibility index (Phi) is 8.95. The van der Waals surface area contributed by atoms with E-state index in [2.05, 4.69) is 15.6 Å². The van der Waals surface area contributed by atoms with Crippen molar-refractivity contribution >= 4 is 57.2 Å². The van der Waals surface area contributed by atoms with Gasteiger partial charge in [-0.15, -0.1) is 0 Å². The Hall–Kier alpha value is -4.96. The lowest BCUT2D eigenvalue weighted by Crippen LogP contribution is -2.43. The summed E-state index contributed by atoms with van der Waals surface area (Å²) in [6, 6.07) is 13.5. The van der Waals surface area contributed by atoms with Gasteiger partial charge in [-0.1, -0.05) is 35.3 Å². The average Bonchev–Trinajstić information content (AvgIpc) is 3.95. The van der Waals surface area contributed by atoms with Gasteiger partial charge in [0, 0.05) is 64.8 Å². The minimum Gasteiger partial charge on any atom is -0.465 e. The van der Waals surface area contributed by atoms with Crippen LogP contribution in [0.2, 0.25) is 10.0 Å². The largest absolute Gasteiger partial charge is 0.465 e. The number of carboxylic acid groups (broad SMARTS) is 1. The topological polar surface area (TPSA) is 145 Å². The lowest BCUT2D eigenvalue weighted by atomic mass is 9.79. The van der Waals surface area contributed by atoms with E-state index in [1.54, 1.807) is 55.3 Å². The van der Waals surface area contributed by atoms with E-state index in [9.17, 15) is 25.1 Å². The second kappa shape index (κ2) is 13.4. The van der Waals surface area contributed by atoms with Gasteiger partial charge < -0.3 is 24.4 Å². The number of pyridine rings is 2. The molecule has 278 valence electrons. The van der Waals surface area contributed by atoms with Crippen molar-refractivity contribution in [1.82, 2.24) is 24.3 Å². The van der Waals surface area contributed by atoms with Crippen LogP contribution in [0.25, 0.3) is 44.2 Å². The van der Waals surface area contributed by atoms with Crippen LogP contribution in [-0.2, 0) is 16.8 Å². The number of hydrogen-bond acceptors (Lipinski definition) is 7. The van der Waals surface area contributed by atoms with Gasteiger partial charge in [-0.2, -0.15) is 5.26 Å². The van der Waals surface area contributed by atoms with E-state index in [0.29, 0.717) is 70.3 Å². The SMILES string of the molecule is COC(=O)N1CCCC1c1cc2c(-c3ccc(C(C)(C)O)nc3)nc3c(F)c(-c4cccc(Cl)c4Cl)c(CCC#N)cc3c2n1[C@H]1[C@@H]2C[C@H]1N(C(=O)O)C2. The molecular weight excluding hydrogens is 734 g/mol. The van der Waals surface area contributed by atoms with Crippen LogP contribution in [0.4, 0.5) is 14.0 Å². The summed E-state index contributed by atoms with van der Waals surface area (Å²) in [5.74, 6) is -0.663. The first-order chi connectivity index (χ1) is 25.8. The van der Waals surface area contributed by atoms with E-state index in [1.165, 1.54) is 12.0 Å². The fourth-order valence-electron chi connectivity index (χ4n) is 8.83. The molecule has 3 aromatic heterocycles. The van der Waals surface area contributed by atoms with Crippen LogP contribution in [0.15, 0.2) is 48.7 Å². The van der Waals surface area contributed by atoms with Crippen LogP contribution >= 0.6 is 23.2 Å². The molecule has 1 saturated carbocycles. The third kappa shape index (κ3) is 5.63. The average molecular weight is 772 g/mol. The number of hydrogen-bond donors (Lipinski definition) is 2. The van der Waals surface area contributed by atoms with Gasteiger partial charge in [0.25, 0.3) is 0 Å². The van der Waals surface area contributed by atoms with Gasteiger partial charge in [-0.25, -0.2) is 19.0 Å². The Morgan fingerprint density at radius 2 is 1.94 bits per heavy atom. The first-order valence-electron chi connectivity index (χ1n) is 17.9. The number of ether oxygens (including phenoxy) is 1. The Balaban J connectivity index is 1.50. The molecule has 9 rings (SSSR count). The van der Waals surface area contributed by atoms with Crippen molar-refractivity contribution in [3.8, 4) is 28.5 Å². The van der Waals surface area contributed by atoms with Crippen molar-refractivity contribution in [1.29, 1.82) is 5.26 Å². The molecule has 1 aliphatic carbocycles. The first-order valence-corrected chi connectivity index (χ1v) is 18.6. The van der Waals surface area contributed by atoms with Gasteiger partial charge in [0.15, 0.2) is 5.82 Å². The van der Waals surface area contributed by atoms with Crippen LogP contribution in [0, 0.1) is 23.1 Å². The van der Waals surface area contributed by atoms with E-state index in [1.807, 2.05) is 12.1 Å². The fraction of sp³-hybridized carbons (Fsp3) is 0.375. The number of amides is 2. The van der Waals surface area contributed by atoms with Gasteiger partial charge in [0.05, 0.1) is 58.3 Å². The number of aromatic nitrogens is 3.